The van der Waals surface area contributed by atoms with E-state index in [1.807, 2.05) is 4.90 Å². The Bertz CT molecular complexity index is 576. The van der Waals surface area contributed by atoms with Crippen LogP contribution in [0, 0.1) is 5.92 Å². The first-order chi connectivity index (χ1) is 11.6. The summed E-state index contributed by atoms with van der Waals surface area (Å²) in [5.41, 5.74) is 0.753. The molecule has 1 aromatic carbocycles. The molecule has 0 saturated carbocycles. The Kier molecular flexibility index (Phi) is 5.74. The van der Waals surface area contributed by atoms with Crippen molar-refractivity contribution in [3.8, 4) is 0 Å². The fraction of sp³-hybridized carbons (Fsp3) is 0.556. The summed E-state index contributed by atoms with van der Waals surface area (Å²) < 4.78 is 0. The Hall–Kier alpha value is -1.59. The van der Waals surface area contributed by atoms with Crippen LogP contribution in [-0.4, -0.2) is 54.3 Å². The number of benzene rings is 1. The lowest BCUT2D eigenvalue weighted by Crippen LogP contribution is -2.43. The van der Waals surface area contributed by atoms with Crippen molar-refractivity contribution in [3.63, 3.8) is 0 Å². The first kappa shape index (κ1) is 17.2. The molecule has 6 heteroatoms. The first-order valence-corrected chi connectivity index (χ1v) is 9.06. The maximum absolute atomic E-state index is 12.4. The van der Waals surface area contributed by atoms with Gasteiger partial charge in [-0.1, -0.05) is 11.6 Å². The van der Waals surface area contributed by atoms with E-state index in [9.17, 15) is 9.59 Å². The van der Waals surface area contributed by atoms with Gasteiger partial charge < -0.3 is 10.2 Å². The van der Waals surface area contributed by atoms with Crippen molar-refractivity contribution in [2.24, 2.45) is 5.92 Å². The second kappa shape index (κ2) is 7.99. The maximum atomic E-state index is 12.4. The number of piperidine rings is 1. The van der Waals surface area contributed by atoms with Crippen molar-refractivity contribution in [2.45, 2.75) is 25.7 Å². The molecule has 2 heterocycles. The molecule has 1 N–H and O–H groups in total. The number of nitrogens with zero attached hydrogens (tertiary/aromatic N) is 2. The Morgan fingerprint density at radius 2 is 1.67 bits per heavy atom. The number of hydrogen-bond acceptors (Lipinski definition) is 3. The highest BCUT2D eigenvalue weighted by molar-refractivity contribution is 6.30. The summed E-state index contributed by atoms with van der Waals surface area (Å²) in [6, 6.07) is 7.10. The van der Waals surface area contributed by atoms with E-state index >= 15 is 0 Å². The number of carbonyl (C=O) groups is 2. The second-order valence-corrected chi connectivity index (χ2v) is 7.07. The fourth-order valence-electron chi connectivity index (χ4n) is 3.47. The molecule has 24 heavy (non-hydrogen) atoms. The monoisotopic (exact) mass is 349 g/mol. The van der Waals surface area contributed by atoms with Crippen molar-refractivity contribution < 1.29 is 9.59 Å². The SMILES string of the molecule is O=C(CN1CCC(C(=O)N2CCCC2)CC1)Nc1ccc(Cl)cc1. The molecule has 0 radical (unpaired) electrons. The van der Waals surface area contributed by atoms with Gasteiger partial charge in [0.05, 0.1) is 6.54 Å². The third-order valence-electron chi connectivity index (χ3n) is 4.85. The van der Waals surface area contributed by atoms with E-state index in [-0.39, 0.29) is 11.8 Å². The third-order valence-corrected chi connectivity index (χ3v) is 5.10. The van der Waals surface area contributed by atoms with E-state index in [0.717, 1.165) is 57.5 Å². The number of halogens is 1. The molecule has 0 aliphatic carbocycles. The molecule has 0 unspecified atom stereocenters. The Labute approximate surface area is 147 Å². The number of rotatable bonds is 4. The molecule has 0 bridgehead atoms. The average Bonchev–Trinajstić information content (AvgIpc) is 3.11. The molecule has 5 nitrogen and oxygen atoms in total. The summed E-state index contributed by atoms with van der Waals surface area (Å²) in [5.74, 6) is 0.429. The summed E-state index contributed by atoms with van der Waals surface area (Å²) in [5, 5.41) is 3.53. The number of nitrogens with one attached hydrogen (secondary N) is 1. The molecular weight excluding hydrogens is 326 g/mol. The molecule has 2 fully saturated rings. The highest BCUT2D eigenvalue weighted by Gasteiger charge is 2.30. The Balaban J connectivity index is 1.42. The van der Waals surface area contributed by atoms with Crippen molar-refractivity contribution in [3.05, 3.63) is 29.3 Å². The third kappa shape index (κ3) is 4.48. The van der Waals surface area contributed by atoms with Crippen LogP contribution in [-0.2, 0) is 9.59 Å². The number of likely N-dealkylation sites (tertiary alicyclic amines) is 2. The van der Waals surface area contributed by atoms with Gasteiger partial charge in [0, 0.05) is 29.7 Å². The smallest absolute Gasteiger partial charge is 0.238 e. The molecule has 0 aromatic heterocycles. The number of carbonyl (C=O) groups excluding carboxylic acids is 2. The van der Waals surface area contributed by atoms with E-state index in [0.29, 0.717) is 17.5 Å². The lowest BCUT2D eigenvalue weighted by molar-refractivity contribution is -0.136. The highest BCUT2D eigenvalue weighted by atomic mass is 35.5. The van der Waals surface area contributed by atoms with Crippen molar-refractivity contribution in [1.82, 2.24) is 9.80 Å². The minimum Gasteiger partial charge on any atom is -0.342 e. The fourth-order valence-corrected chi connectivity index (χ4v) is 3.60. The minimum absolute atomic E-state index is 0.0263. The quantitative estimate of drug-likeness (QED) is 0.909. The van der Waals surface area contributed by atoms with Crippen LogP contribution in [0.4, 0.5) is 5.69 Å². The van der Waals surface area contributed by atoms with Gasteiger partial charge in [-0.05, 0) is 63.0 Å². The lowest BCUT2D eigenvalue weighted by Gasteiger charge is -2.32. The van der Waals surface area contributed by atoms with Crippen LogP contribution in [0.15, 0.2) is 24.3 Å². The molecule has 2 aliphatic rings. The van der Waals surface area contributed by atoms with Gasteiger partial charge in [-0.2, -0.15) is 0 Å². The molecular formula is C18H24ClN3O2. The lowest BCUT2D eigenvalue weighted by atomic mass is 9.95. The maximum Gasteiger partial charge on any atom is 0.238 e. The summed E-state index contributed by atoms with van der Waals surface area (Å²) in [6.07, 6.45) is 3.97. The van der Waals surface area contributed by atoms with Gasteiger partial charge in [-0.15, -0.1) is 0 Å². The van der Waals surface area contributed by atoms with Crippen LogP contribution in [0.5, 0.6) is 0 Å². The van der Waals surface area contributed by atoms with E-state index in [1.165, 1.54) is 0 Å². The van der Waals surface area contributed by atoms with Crippen molar-refractivity contribution >= 4 is 29.1 Å². The molecule has 0 spiro atoms. The van der Waals surface area contributed by atoms with E-state index in [1.54, 1.807) is 24.3 Å². The Morgan fingerprint density at radius 1 is 1.04 bits per heavy atom. The topological polar surface area (TPSA) is 52.7 Å². The van der Waals surface area contributed by atoms with Gasteiger partial charge in [0.25, 0.3) is 0 Å². The zero-order valence-corrected chi connectivity index (χ0v) is 14.6. The first-order valence-electron chi connectivity index (χ1n) is 8.68. The largest absolute Gasteiger partial charge is 0.342 e. The van der Waals surface area contributed by atoms with E-state index in [4.69, 9.17) is 11.6 Å². The molecule has 2 aliphatic heterocycles. The van der Waals surface area contributed by atoms with Crippen LogP contribution in [0.25, 0.3) is 0 Å². The number of amides is 2. The van der Waals surface area contributed by atoms with Crippen LogP contribution >= 0.6 is 11.6 Å². The minimum atomic E-state index is -0.0263. The van der Waals surface area contributed by atoms with Crippen molar-refractivity contribution in [2.75, 3.05) is 38.0 Å². The van der Waals surface area contributed by atoms with Gasteiger partial charge in [0.2, 0.25) is 11.8 Å². The van der Waals surface area contributed by atoms with Gasteiger partial charge in [-0.25, -0.2) is 0 Å². The molecule has 1 aromatic rings. The van der Waals surface area contributed by atoms with Crippen LogP contribution in [0.3, 0.4) is 0 Å². The van der Waals surface area contributed by atoms with E-state index < -0.39 is 0 Å². The summed E-state index contributed by atoms with van der Waals surface area (Å²) in [6.45, 7) is 3.81. The zero-order chi connectivity index (χ0) is 16.9. The molecule has 130 valence electrons. The molecule has 0 atom stereocenters. The number of anilines is 1. The highest BCUT2D eigenvalue weighted by Crippen LogP contribution is 2.22. The van der Waals surface area contributed by atoms with Gasteiger partial charge >= 0.3 is 0 Å². The molecule has 2 saturated heterocycles. The van der Waals surface area contributed by atoms with Crippen LogP contribution in [0.2, 0.25) is 5.02 Å². The number of hydrogen-bond donors (Lipinski definition) is 1. The normalized spacial score (nSPS) is 19.5. The van der Waals surface area contributed by atoms with Gasteiger partial charge in [0.1, 0.15) is 0 Å². The van der Waals surface area contributed by atoms with Gasteiger partial charge in [0.15, 0.2) is 0 Å². The average molecular weight is 350 g/mol. The molecule has 3 rings (SSSR count). The molecule has 2 amide bonds. The summed E-state index contributed by atoms with van der Waals surface area (Å²) >= 11 is 5.84. The van der Waals surface area contributed by atoms with E-state index in [2.05, 4.69) is 10.2 Å². The van der Waals surface area contributed by atoms with Crippen LogP contribution in [0.1, 0.15) is 25.7 Å². The summed E-state index contributed by atoms with van der Waals surface area (Å²) in [7, 11) is 0. The van der Waals surface area contributed by atoms with Gasteiger partial charge in [-0.3, -0.25) is 14.5 Å². The summed E-state index contributed by atoms with van der Waals surface area (Å²) in [4.78, 5) is 28.7. The van der Waals surface area contributed by atoms with Crippen molar-refractivity contribution in [1.29, 1.82) is 0 Å². The second-order valence-electron chi connectivity index (χ2n) is 6.64. The standard InChI is InChI=1S/C18H24ClN3O2/c19-15-3-5-16(6-4-15)20-17(23)13-21-11-7-14(8-12-21)18(24)22-9-1-2-10-22/h3-6,14H,1-2,7-13H2,(H,20,23). The predicted octanol–water partition coefficient (Wildman–Crippen LogP) is 2.61. The predicted molar refractivity (Wildman–Crippen MR) is 95.1 cm³/mol. The Morgan fingerprint density at radius 3 is 2.29 bits per heavy atom. The zero-order valence-electron chi connectivity index (χ0n) is 13.8. The van der Waals surface area contributed by atoms with Crippen LogP contribution < -0.4 is 5.32 Å².